The lowest BCUT2D eigenvalue weighted by molar-refractivity contribution is -0.737. The zero-order valence-electron chi connectivity index (χ0n) is 23.9. The van der Waals surface area contributed by atoms with Gasteiger partial charge < -0.3 is 9.13 Å². The topological polar surface area (TPSA) is 8.81 Å². The van der Waals surface area contributed by atoms with Crippen molar-refractivity contribution in [2.45, 2.75) is 11.1 Å². The first-order valence-electron chi connectivity index (χ1n) is 14.7. The highest BCUT2D eigenvalue weighted by atomic mass is 15.2. The van der Waals surface area contributed by atoms with Crippen LogP contribution in [0.4, 0.5) is 0 Å². The van der Waals surface area contributed by atoms with Gasteiger partial charge in [-0.3, -0.25) is 0 Å². The van der Waals surface area contributed by atoms with Crippen LogP contribution in [0.3, 0.4) is 0 Å². The van der Waals surface area contributed by atoms with E-state index < -0.39 is 11.1 Å². The summed E-state index contributed by atoms with van der Waals surface area (Å²) in [6.07, 6.45) is 8.27. The molecule has 0 aliphatic rings. The second kappa shape index (κ2) is 11.4. The molecule has 2 heteroatoms. The average molecular weight is 553 g/mol. The van der Waals surface area contributed by atoms with Crippen molar-refractivity contribution in [3.05, 3.63) is 234 Å². The number of benzene rings is 6. The molecule has 6 aromatic carbocycles. The normalized spacial score (nSPS) is 11.7. The molecule has 7 aromatic rings. The number of rotatable bonds is 8. The van der Waals surface area contributed by atoms with Gasteiger partial charge in [-0.2, -0.15) is 0 Å². The Morgan fingerprint density at radius 1 is 0.372 bits per heavy atom. The summed E-state index contributed by atoms with van der Waals surface area (Å²) in [6, 6.07) is 64.6. The lowest BCUT2D eigenvalue weighted by Crippen LogP contribution is -2.58. The summed E-state index contributed by atoms with van der Waals surface area (Å²) >= 11 is 0. The molecule has 0 atom stereocenters. The van der Waals surface area contributed by atoms with Crippen LogP contribution in [0.1, 0.15) is 33.4 Å². The standard InChI is InChI=1S/C41H32N2/c1-7-19-34(20-8-1)40(35-21-9-2-10-22-35,36-23-11-3-12-24-36)42-31-32-43(33-42)41(37-25-13-4-14-26-37,38-27-15-5-16-28-38)39-29-17-6-18-30-39/h1-32H. The molecular formula is C41H32N2. The van der Waals surface area contributed by atoms with Gasteiger partial charge in [0.05, 0.1) is 0 Å². The Labute approximate surface area is 253 Å². The van der Waals surface area contributed by atoms with E-state index in [0.29, 0.717) is 0 Å². The molecule has 0 aliphatic carbocycles. The predicted octanol–water partition coefficient (Wildman–Crippen LogP) is 8.26. The highest BCUT2D eigenvalue weighted by molar-refractivity contribution is 5.51. The zero-order valence-corrected chi connectivity index (χ0v) is 23.9. The number of hydrogen-bond acceptors (Lipinski definition) is 0. The van der Waals surface area contributed by atoms with Crippen molar-refractivity contribution >= 4 is 0 Å². The minimum absolute atomic E-state index is 0.662. The number of aromatic nitrogens is 2. The first-order chi connectivity index (χ1) is 21.3. The average Bonchev–Trinajstić information content (AvgIpc) is 3.59. The Morgan fingerprint density at radius 2 is 0.651 bits per heavy atom. The predicted molar refractivity (Wildman–Crippen MR) is 173 cm³/mol. The van der Waals surface area contributed by atoms with Gasteiger partial charge in [0.1, 0.15) is 0 Å². The van der Waals surface area contributed by atoms with E-state index in [1.54, 1.807) is 0 Å². The van der Waals surface area contributed by atoms with Gasteiger partial charge >= 0.3 is 0 Å². The number of imidazole rings is 1. The Hall–Kier alpha value is -5.47. The molecule has 0 spiro atoms. The summed E-state index contributed by atoms with van der Waals surface area (Å²) < 4.78 is 4.52. The molecule has 0 aliphatic heterocycles. The van der Waals surface area contributed by atoms with E-state index in [1.807, 2.05) is 0 Å². The first-order valence-corrected chi connectivity index (χ1v) is 14.7. The molecule has 0 fully saturated rings. The van der Waals surface area contributed by atoms with Crippen LogP contribution in [0, 0.1) is 6.33 Å². The van der Waals surface area contributed by atoms with Gasteiger partial charge in [0.15, 0.2) is 11.1 Å². The smallest absolute Gasteiger partial charge is 0.206 e. The third-order valence-electron chi connectivity index (χ3n) is 8.45. The molecule has 0 N–H and O–H groups in total. The van der Waals surface area contributed by atoms with Gasteiger partial charge in [0.2, 0.25) is 6.33 Å². The van der Waals surface area contributed by atoms with E-state index in [-0.39, 0.29) is 0 Å². The zero-order chi connectivity index (χ0) is 29.0. The van der Waals surface area contributed by atoms with E-state index in [0.717, 1.165) is 33.4 Å². The van der Waals surface area contributed by atoms with Crippen molar-refractivity contribution in [2.24, 2.45) is 0 Å². The molecular weight excluding hydrogens is 520 g/mol. The van der Waals surface area contributed by atoms with Crippen LogP contribution in [0.25, 0.3) is 0 Å². The Kier molecular flexibility index (Phi) is 7.02. The Morgan fingerprint density at radius 3 is 0.953 bits per heavy atom. The van der Waals surface area contributed by atoms with Gasteiger partial charge in [0.25, 0.3) is 0 Å². The third-order valence-corrected chi connectivity index (χ3v) is 8.45. The third kappa shape index (κ3) is 4.40. The van der Waals surface area contributed by atoms with Gasteiger partial charge in [-0.15, -0.1) is 0 Å². The minimum atomic E-state index is -0.662. The van der Waals surface area contributed by atoms with Crippen molar-refractivity contribution < 1.29 is 4.57 Å². The fourth-order valence-electron chi connectivity index (χ4n) is 6.60. The molecule has 2 nitrogen and oxygen atoms in total. The van der Waals surface area contributed by atoms with Crippen molar-refractivity contribution in [1.29, 1.82) is 0 Å². The van der Waals surface area contributed by atoms with E-state index in [2.05, 4.69) is 210 Å². The molecule has 1 heterocycles. The van der Waals surface area contributed by atoms with Crippen LogP contribution in [-0.2, 0) is 11.1 Å². The lowest BCUT2D eigenvalue weighted by atomic mass is 9.76. The number of hydrogen-bond donors (Lipinski definition) is 0. The molecule has 0 unspecified atom stereocenters. The second-order valence-corrected chi connectivity index (χ2v) is 10.8. The summed E-state index contributed by atoms with van der Waals surface area (Å²) in [5, 5.41) is 0. The van der Waals surface area contributed by atoms with Crippen molar-refractivity contribution in [1.82, 2.24) is 4.57 Å². The highest BCUT2D eigenvalue weighted by Crippen LogP contribution is 2.41. The van der Waals surface area contributed by atoms with E-state index in [4.69, 9.17) is 0 Å². The minimum Gasteiger partial charge on any atom is -0.335 e. The van der Waals surface area contributed by atoms with Gasteiger partial charge in [-0.05, 0) is 12.4 Å². The van der Waals surface area contributed by atoms with E-state index in [9.17, 15) is 0 Å². The van der Waals surface area contributed by atoms with Crippen molar-refractivity contribution in [3.63, 3.8) is 0 Å². The molecule has 7 rings (SSSR count). The van der Waals surface area contributed by atoms with Gasteiger partial charge in [0, 0.05) is 33.4 Å². The molecule has 0 saturated heterocycles. The molecule has 0 radical (unpaired) electrons. The van der Waals surface area contributed by atoms with E-state index >= 15 is 0 Å². The lowest BCUT2D eigenvalue weighted by Gasteiger charge is -2.37. The van der Waals surface area contributed by atoms with Crippen LogP contribution in [0.5, 0.6) is 0 Å². The molecule has 206 valence electrons. The maximum Gasteiger partial charge on any atom is 0.206 e. The maximum atomic E-state index is 3.92. The summed E-state index contributed by atoms with van der Waals surface area (Å²) in [6.45, 7) is 0. The second-order valence-electron chi connectivity index (χ2n) is 10.8. The molecule has 0 amide bonds. The maximum absolute atomic E-state index is 3.92. The van der Waals surface area contributed by atoms with Crippen LogP contribution in [-0.4, -0.2) is 4.57 Å². The fourth-order valence-corrected chi connectivity index (χ4v) is 6.60. The summed E-state index contributed by atoms with van der Waals surface area (Å²) in [5.74, 6) is 0. The van der Waals surface area contributed by atoms with Crippen LogP contribution < -0.4 is 4.57 Å². The molecule has 1 aromatic heterocycles. The van der Waals surface area contributed by atoms with Crippen LogP contribution in [0.2, 0.25) is 0 Å². The van der Waals surface area contributed by atoms with Crippen LogP contribution in [0.15, 0.2) is 194 Å². The summed E-state index contributed by atoms with van der Waals surface area (Å²) in [4.78, 5) is 0. The number of nitrogens with zero attached hydrogens (tertiary/aromatic N) is 2. The van der Waals surface area contributed by atoms with Gasteiger partial charge in [-0.1, -0.05) is 182 Å². The van der Waals surface area contributed by atoms with Crippen molar-refractivity contribution in [2.75, 3.05) is 0 Å². The molecule has 0 saturated carbocycles. The van der Waals surface area contributed by atoms with Crippen LogP contribution >= 0.6 is 0 Å². The summed E-state index contributed by atoms with van der Waals surface area (Å²) in [5.41, 5.74) is 5.65. The van der Waals surface area contributed by atoms with E-state index in [1.165, 1.54) is 0 Å². The Balaban J connectivity index is 1.58. The largest absolute Gasteiger partial charge is 0.335 e. The SMILES string of the molecule is [c-]1n(C(c2ccccc2)(c2ccccc2)c2ccccc2)cc[n+]1C(c1ccccc1)(c1ccccc1)c1ccccc1. The fraction of sp³-hybridized carbons (Fsp3) is 0.0488. The monoisotopic (exact) mass is 552 g/mol. The first kappa shape index (κ1) is 26.4. The van der Waals surface area contributed by atoms with Gasteiger partial charge in [-0.25, -0.2) is 0 Å². The summed E-state index contributed by atoms with van der Waals surface area (Å²) in [7, 11) is 0. The Bertz CT molecular complexity index is 1550. The molecule has 43 heavy (non-hydrogen) atoms. The highest BCUT2D eigenvalue weighted by Gasteiger charge is 2.44. The quantitative estimate of drug-likeness (QED) is 0.102. The van der Waals surface area contributed by atoms with Crippen molar-refractivity contribution in [3.8, 4) is 0 Å². The molecule has 0 bridgehead atoms.